The Bertz CT molecular complexity index is 758. The molecule has 0 saturated heterocycles. The summed E-state index contributed by atoms with van der Waals surface area (Å²) < 4.78 is 4.94. The van der Waals surface area contributed by atoms with Gasteiger partial charge in [0.05, 0.1) is 0 Å². The van der Waals surface area contributed by atoms with Crippen molar-refractivity contribution in [2.24, 2.45) is 0 Å². The Hall–Kier alpha value is -3.15. The van der Waals surface area contributed by atoms with Gasteiger partial charge in [-0.3, -0.25) is 14.4 Å². The van der Waals surface area contributed by atoms with E-state index in [1.165, 1.54) is 5.56 Å². The minimum absolute atomic E-state index is 0.0840. The third-order valence-electron chi connectivity index (χ3n) is 3.85. The molecule has 0 aromatic heterocycles. The molecule has 0 aliphatic rings. The van der Waals surface area contributed by atoms with Crippen LogP contribution in [-0.2, 0) is 25.5 Å². The number of anilines is 2. The first-order valence-electron chi connectivity index (χ1n) is 8.96. The third-order valence-corrected chi connectivity index (χ3v) is 3.85. The lowest BCUT2D eigenvalue weighted by molar-refractivity contribution is -0.147. The van der Waals surface area contributed by atoms with Crippen LogP contribution >= 0.6 is 0 Å². The van der Waals surface area contributed by atoms with Crippen LogP contribution in [0.3, 0.4) is 0 Å². The van der Waals surface area contributed by atoms with Crippen LogP contribution in [0.5, 0.6) is 0 Å². The SMILES string of the molecule is CCc1ccc(NC(=O)COC(=O)CCCC(=O)Nc2ccccc2)cc1. The van der Waals surface area contributed by atoms with Gasteiger partial charge in [0.15, 0.2) is 6.61 Å². The standard InChI is InChI=1S/C21H24N2O4/c1-2-16-11-13-18(14-12-16)23-20(25)15-27-21(26)10-6-9-19(24)22-17-7-4-3-5-8-17/h3-5,7-8,11-14H,2,6,9-10,15H2,1H3,(H,22,24)(H,23,25). The average Bonchev–Trinajstić information content (AvgIpc) is 2.68. The Morgan fingerprint density at radius 3 is 2.11 bits per heavy atom. The number of benzene rings is 2. The molecule has 0 bridgehead atoms. The summed E-state index contributed by atoms with van der Waals surface area (Å²) in [4.78, 5) is 35.3. The number of rotatable bonds is 9. The first kappa shape index (κ1) is 20.2. The van der Waals surface area contributed by atoms with Crippen molar-refractivity contribution in [2.45, 2.75) is 32.6 Å². The lowest BCUT2D eigenvalue weighted by atomic mass is 10.1. The number of aryl methyl sites for hydroxylation is 1. The van der Waals surface area contributed by atoms with Gasteiger partial charge >= 0.3 is 5.97 Å². The van der Waals surface area contributed by atoms with E-state index in [-0.39, 0.29) is 25.4 Å². The van der Waals surface area contributed by atoms with Gasteiger partial charge in [-0.15, -0.1) is 0 Å². The summed E-state index contributed by atoms with van der Waals surface area (Å²) in [5.41, 5.74) is 2.55. The Morgan fingerprint density at radius 2 is 1.44 bits per heavy atom. The Kier molecular flexibility index (Phi) is 8.03. The minimum Gasteiger partial charge on any atom is -0.456 e. The third kappa shape index (κ3) is 7.73. The van der Waals surface area contributed by atoms with Crippen molar-refractivity contribution in [3.05, 3.63) is 60.2 Å². The highest BCUT2D eigenvalue weighted by Crippen LogP contribution is 2.10. The van der Waals surface area contributed by atoms with E-state index in [1.54, 1.807) is 12.1 Å². The van der Waals surface area contributed by atoms with Gasteiger partial charge in [0.1, 0.15) is 0 Å². The number of hydrogen-bond acceptors (Lipinski definition) is 4. The number of esters is 1. The number of para-hydroxylation sites is 1. The molecule has 0 aliphatic heterocycles. The maximum Gasteiger partial charge on any atom is 0.306 e. The summed E-state index contributed by atoms with van der Waals surface area (Å²) >= 11 is 0. The predicted molar refractivity (Wildman–Crippen MR) is 104 cm³/mol. The molecule has 2 rings (SSSR count). The highest BCUT2D eigenvalue weighted by Gasteiger charge is 2.09. The lowest BCUT2D eigenvalue weighted by Crippen LogP contribution is -2.21. The second-order valence-corrected chi connectivity index (χ2v) is 6.03. The fraction of sp³-hybridized carbons (Fsp3) is 0.286. The van der Waals surface area contributed by atoms with Crippen molar-refractivity contribution in [3.63, 3.8) is 0 Å². The summed E-state index contributed by atoms with van der Waals surface area (Å²) in [5.74, 6) is -1.06. The zero-order chi connectivity index (χ0) is 19.5. The van der Waals surface area contributed by atoms with E-state index in [0.717, 1.165) is 6.42 Å². The molecular weight excluding hydrogens is 344 g/mol. The molecule has 0 spiro atoms. The van der Waals surface area contributed by atoms with Crippen molar-refractivity contribution >= 4 is 29.2 Å². The van der Waals surface area contributed by atoms with E-state index >= 15 is 0 Å². The van der Waals surface area contributed by atoms with Gasteiger partial charge in [0.25, 0.3) is 5.91 Å². The van der Waals surface area contributed by atoms with Crippen molar-refractivity contribution in [2.75, 3.05) is 17.2 Å². The molecule has 6 heteroatoms. The first-order chi connectivity index (χ1) is 13.1. The van der Waals surface area contributed by atoms with Gasteiger partial charge in [-0.2, -0.15) is 0 Å². The maximum absolute atomic E-state index is 11.8. The summed E-state index contributed by atoms with van der Waals surface area (Å²) in [6, 6.07) is 16.6. The van der Waals surface area contributed by atoms with E-state index in [0.29, 0.717) is 17.8 Å². The topological polar surface area (TPSA) is 84.5 Å². The Labute approximate surface area is 158 Å². The van der Waals surface area contributed by atoms with Crippen LogP contribution in [0.2, 0.25) is 0 Å². The van der Waals surface area contributed by atoms with Crippen molar-refractivity contribution < 1.29 is 19.1 Å². The van der Waals surface area contributed by atoms with Gasteiger partial charge < -0.3 is 15.4 Å². The zero-order valence-corrected chi connectivity index (χ0v) is 15.4. The molecule has 2 aromatic carbocycles. The van der Waals surface area contributed by atoms with E-state index in [1.807, 2.05) is 42.5 Å². The number of ether oxygens (including phenoxy) is 1. The van der Waals surface area contributed by atoms with Crippen LogP contribution in [-0.4, -0.2) is 24.4 Å². The van der Waals surface area contributed by atoms with Crippen LogP contribution < -0.4 is 10.6 Å². The number of carbonyl (C=O) groups excluding carboxylic acids is 3. The predicted octanol–water partition coefficient (Wildman–Crippen LogP) is 3.54. The second-order valence-electron chi connectivity index (χ2n) is 6.03. The van der Waals surface area contributed by atoms with Crippen LogP contribution in [0.4, 0.5) is 11.4 Å². The molecule has 2 N–H and O–H groups in total. The van der Waals surface area contributed by atoms with Crippen molar-refractivity contribution in [3.8, 4) is 0 Å². The fourth-order valence-corrected chi connectivity index (χ4v) is 2.38. The quantitative estimate of drug-likeness (QED) is 0.663. The molecular formula is C21H24N2O4. The number of hydrogen-bond donors (Lipinski definition) is 2. The average molecular weight is 368 g/mol. The second kappa shape index (κ2) is 10.8. The zero-order valence-electron chi connectivity index (χ0n) is 15.4. The van der Waals surface area contributed by atoms with Crippen molar-refractivity contribution in [1.82, 2.24) is 0 Å². The van der Waals surface area contributed by atoms with Crippen LogP contribution in [0.15, 0.2) is 54.6 Å². The summed E-state index contributed by atoms with van der Waals surface area (Å²) in [6.45, 7) is 1.71. The Balaban J connectivity index is 1.61. The van der Waals surface area contributed by atoms with Crippen LogP contribution in [0.25, 0.3) is 0 Å². The molecule has 0 unspecified atom stereocenters. The van der Waals surface area contributed by atoms with Crippen molar-refractivity contribution in [1.29, 1.82) is 0 Å². The van der Waals surface area contributed by atoms with Gasteiger partial charge in [-0.1, -0.05) is 37.3 Å². The molecule has 2 amide bonds. The molecule has 27 heavy (non-hydrogen) atoms. The molecule has 142 valence electrons. The van der Waals surface area contributed by atoms with Gasteiger partial charge in [0, 0.05) is 24.2 Å². The molecule has 0 heterocycles. The summed E-state index contributed by atoms with van der Waals surface area (Å²) in [5, 5.41) is 5.42. The van der Waals surface area contributed by atoms with Crippen LogP contribution in [0.1, 0.15) is 31.7 Å². The van der Waals surface area contributed by atoms with Crippen LogP contribution in [0, 0.1) is 0 Å². The van der Waals surface area contributed by atoms with E-state index < -0.39 is 11.9 Å². The van der Waals surface area contributed by atoms with E-state index in [4.69, 9.17) is 4.74 Å². The van der Waals surface area contributed by atoms with Gasteiger partial charge in [-0.05, 0) is 42.7 Å². The lowest BCUT2D eigenvalue weighted by Gasteiger charge is -2.07. The first-order valence-corrected chi connectivity index (χ1v) is 8.96. The highest BCUT2D eigenvalue weighted by atomic mass is 16.5. The molecule has 0 aliphatic carbocycles. The molecule has 6 nitrogen and oxygen atoms in total. The van der Waals surface area contributed by atoms with Gasteiger partial charge in [-0.25, -0.2) is 0 Å². The summed E-state index contributed by atoms with van der Waals surface area (Å²) in [6.07, 6.45) is 1.58. The fourth-order valence-electron chi connectivity index (χ4n) is 2.38. The summed E-state index contributed by atoms with van der Waals surface area (Å²) in [7, 11) is 0. The largest absolute Gasteiger partial charge is 0.456 e. The number of carbonyl (C=O) groups is 3. The number of nitrogens with one attached hydrogen (secondary N) is 2. The molecule has 0 saturated carbocycles. The monoisotopic (exact) mass is 368 g/mol. The molecule has 2 aromatic rings. The minimum atomic E-state index is -0.501. The van der Waals surface area contributed by atoms with Gasteiger partial charge in [0.2, 0.25) is 5.91 Å². The molecule has 0 fully saturated rings. The van der Waals surface area contributed by atoms with E-state index in [9.17, 15) is 14.4 Å². The molecule has 0 atom stereocenters. The Morgan fingerprint density at radius 1 is 0.815 bits per heavy atom. The normalized spacial score (nSPS) is 10.1. The maximum atomic E-state index is 11.8. The highest BCUT2D eigenvalue weighted by molar-refractivity contribution is 5.93. The smallest absolute Gasteiger partial charge is 0.306 e. The molecule has 0 radical (unpaired) electrons. The van der Waals surface area contributed by atoms with E-state index in [2.05, 4.69) is 17.6 Å². The number of amides is 2.